The van der Waals surface area contributed by atoms with Crippen molar-refractivity contribution in [2.24, 2.45) is 5.92 Å². The van der Waals surface area contributed by atoms with Crippen molar-refractivity contribution in [3.05, 3.63) is 24.5 Å². The van der Waals surface area contributed by atoms with E-state index in [4.69, 9.17) is 0 Å². The molecule has 2 unspecified atom stereocenters. The highest BCUT2D eigenvalue weighted by Crippen LogP contribution is 2.25. The Labute approximate surface area is 118 Å². The summed E-state index contributed by atoms with van der Waals surface area (Å²) in [5, 5.41) is 9.36. The van der Waals surface area contributed by atoms with Crippen molar-refractivity contribution in [2.45, 2.75) is 25.8 Å². The van der Waals surface area contributed by atoms with Crippen LogP contribution in [-0.2, 0) is 4.79 Å². The van der Waals surface area contributed by atoms with Crippen LogP contribution in [0.3, 0.4) is 0 Å². The molecule has 1 N–H and O–H groups in total. The number of carbonyl (C=O) groups is 2. The first-order valence-corrected chi connectivity index (χ1v) is 6.69. The number of carboxylic acids is 1. The van der Waals surface area contributed by atoms with Crippen LogP contribution in [0.25, 0.3) is 0 Å². The molecule has 6 heteroatoms. The maximum absolute atomic E-state index is 12.5. The van der Waals surface area contributed by atoms with Gasteiger partial charge in [0.2, 0.25) is 0 Å². The number of carbonyl (C=O) groups excluding carboxylic acids is 1. The molecule has 0 saturated carbocycles. The van der Waals surface area contributed by atoms with Crippen LogP contribution in [0.5, 0.6) is 0 Å². The minimum Gasteiger partial charge on any atom is -0.480 e. The van der Waals surface area contributed by atoms with Gasteiger partial charge in [-0.25, -0.2) is 9.59 Å². The average Bonchev–Trinajstić information content (AvgIpc) is 2.46. The molecule has 108 valence electrons. The van der Waals surface area contributed by atoms with Crippen molar-refractivity contribution in [1.82, 2.24) is 9.88 Å². The quantitative estimate of drug-likeness (QED) is 0.895. The molecule has 0 radical (unpaired) electrons. The molecule has 0 spiro atoms. The van der Waals surface area contributed by atoms with E-state index in [-0.39, 0.29) is 11.9 Å². The number of aliphatic carboxylic acids is 1. The number of hydrogen-bond acceptors (Lipinski definition) is 3. The number of carboxylic acid groups (broad SMARTS) is 1. The van der Waals surface area contributed by atoms with Crippen molar-refractivity contribution in [3.63, 3.8) is 0 Å². The molecule has 2 atom stereocenters. The van der Waals surface area contributed by atoms with E-state index in [1.54, 1.807) is 31.6 Å². The fraction of sp³-hybridized carbons (Fsp3) is 0.500. The zero-order valence-electron chi connectivity index (χ0n) is 11.7. The lowest BCUT2D eigenvalue weighted by atomic mass is 9.91. The number of amides is 2. The van der Waals surface area contributed by atoms with Gasteiger partial charge in [-0.2, -0.15) is 0 Å². The Morgan fingerprint density at radius 2 is 2.25 bits per heavy atom. The Morgan fingerprint density at radius 1 is 1.50 bits per heavy atom. The minimum absolute atomic E-state index is 0.0347. The van der Waals surface area contributed by atoms with Crippen LogP contribution in [0.4, 0.5) is 10.5 Å². The van der Waals surface area contributed by atoms with Gasteiger partial charge in [0.1, 0.15) is 6.04 Å². The first kappa shape index (κ1) is 14.3. The lowest BCUT2D eigenvalue weighted by molar-refractivity contribution is -0.145. The zero-order chi connectivity index (χ0) is 14.7. The summed E-state index contributed by atoms with van der Waals surface area (Å²) in [4.78, 5) is 30.8. The van der Waals surface area contributed by atoms with Gasteiger partial charge in [-0.15, -0.1) is 0 Å². The molecule has 1 aromatic rings. The Hall–Kier alpha value is -2.11. The zero-order valence-corrected chi connectivity index (χ0v) is 11.7. The highest BCUT2D eigenvalue weighted by molar-refractivity contribution is 5.94. The number of rotatable bonds is 2. The van der Waals surface area contributed by atoms with E-state index in [9.17, 15) is 14.7 Å². The van der Waals surface area contributed by atoms with Crippen LogP contribution >= 0.6 is 0 Å². The van der Waals surface area contributed by atoms with Gasteiger partial charge in [-0.05, 0) is 30.9 Å². The van der Waals surface area contributed by atoms with E-state index in [1.165, 1.54) is 9.80 Å². The average molecular weight is 277 g/mol. The van der Waals surface area contributed by atoms with Crippen LogP contribution in [0.1, 0.15) is 19.8 Å². The van der Waals surface area contributed by atoms with Crippen LogP contribution in [-0.4, -0.2) is 46.6 Å². The van der Waals surface area contributed by atoms with Gasteiger partial charge in [-0.3, -0.25) is 9.88 Å². The molecule has 20 heavy (non-hydrogen) atoms. The Morgan fingerprint density at radius 3 is 2.85 bits per heavy atom. The molecule has 1 aliphatic rings. The number of likely N-dealkylation sites (tertiary alicyclic amines) is 1. The van der Waals surface area contributed by atoms with E-state index in [0.717, 1.165) is 12.8 Å². The Bertz CT molecular complexity index is 492. The molecule has 1 saturated heterocycles. The number of pyridine rings is 1. The molecular formula is C14H19N3O3. The van der Waals surface area contributed by atoms with Crippen molar-refractivity contribution < 1.29 is 14.7 Å². The second kappa shape index (κ2) is 5.90. The highest BCUT2D eigenvalue weighted by atomic mass is 16.4. The summed E-state index contributed by atoms with van der Waals surface area (Å²) in [6.07, 6.45) is 4.88. The normalized spacial score (nSPS) is 22.4. The third-order valence-electron chi connectivity index (χ3n) is 3.75. The van der Waals surface area contributed by atoms with Crippen molar-refractivity contribution in [2.75, 3.05) is 18.5 Å². The topological polar surface area (TPSA) is 73.7 Å². The predicted molar refractivity (Wildman–Crippen MR) is 74.6 cm³/mol. The van der Waals surface area contributed by atoms with E-state index < -0.39 is 12.0 Å². The second-order valence-electron chi connectivity index (χ2n) is 5.15. The van der Waals surface area contributed by atoms with Crippen molar-refractivity contribution >= 4 is 17.7 Å². The number of aromatic nitrogens is 1. The number of nitrogens with zero attached hydrogens (tertiary/aromatic N) is 3. The lowest BCUT2D eigenvalue weighted by Crippen LogP contribution is -2.55. The first-order valence-electron chi connectivity index (χ1n) is 6.69. The van der Waals surface area contributed by atoms with Crippen molar-refractivity contribution in [3.8, 4) is 0 Å². The predicted octanol–water partition coefficient (Wildman–Crippen LogP) is 1.82. The fourth-order valence-electron chi connectivity index (χ4n) is 2.63. The third-order valence-corrected chi connectivity index (χ3v) is 3.75. The number of piperidine rings is 1. The van der Waals surface area contributed by atoms with Gasteiger partial charge in [0.05, 0.1) is 11.9 Å². The maximum atomic E-state index is 12.5. The minimum atomic E-state index is -0.940. The molecule has 1 fully saturated rings. The lowest BCUT2D eigenvalue weighted by Gasteiger charge is -2.39. The Kier molecular flexibility index (Phi) is 4.22. The van der Waals surface area contributed by atoms with Gasteiger partial charge in [0.25, 0.3) is 0 Å². The largest absolute Gasteiger partial charge is 0.480 e. The van der Waals surface area contributed by atoms with Crippen LogP contribution in [0.15, 0.2) is 24.5 Å². The van der Waals surface area contributed by atoms with Crippen LogP contribution in [0.2, 0.25) is 0 Å². The summed E-state index contributed by atoms with van der Waals surface area (Å²) in [7, 11) is 1.64. The van der Waals surface area contributed by atoms with Gasteiger partial charge in [-0.1, -0.05) is 6.92 Å². The van der Waals surface area contributed by atoms with Crippen molar-refractivity contribution in [1.29, 1.82) is 0 Å². The molecule has 2 rings (SSSR count). The van der Waals surface area contributed by atoms with E-state index >= 15 is 0 Å². The summed E-state index contributed by atoms with van der Waals surface area (Å²) in [6.45, 7) is 2.35. The maximum Gasteiger partial charge on any atom is 0.326 e. The monoisotopic (exact) mass is 277 g/mol. The number of anilines is 1. The molecular weight excluding hydrogens is 258 g/mol. The van der Waals surface area contributed by atoms with E-state index in [0.29, 0.717) is 12.2 Å². The number of urea groups is 1. The fourth-order valence-corrected chi connectivity index (χ4v) is 2.63. The summed E-state index contributed by atoms with van der Waals surface area (Å²) >= 11 is 0. The standard InChI is InChI=1S/C14H19N3O3/c1-10-5-4-8-17(12(10)13(18)19)14(20)16(2)11-6-3-7-15-9-11/h3,6-7,9-10,12H,4-5,8H2,1-2H3,(H,18,19). The second-order valence-corrected chi connectivity index (χ2v) is 5.15. The molecule has 6 nitrogen and oxygen atoms in total. The molecule has 0 bridgehead atoms. The van der Waals surface area contributed by atoms with E-state index in [1.807, 2.05) is 6.92 Å². The summed E-state index contributed by atoms with van der Waals surface area (Å²) in [5.41, 5.74) is 0.653. The SMILES string of the molecule is CC1CCCN(C(=O)N(C)c2cccnc2)C1C(=O)O. The third kappa shape index (κ3) is 2.74. The molecule has 0 aliphatic carbocycles. The molecule has 1 aromatic heterocycles. The molecule has 2 amide bonds. The first-order chi connectivity index (χ1) is 9.52. The number of hydrogen-bond donors (Lipinski definition) is 1. The summed E-state index contributed by atoms with van der Waals surface area (Å²) in [5.74, 6) is -0.974. The van der Waals surface area contributed by atoms with Gasteiger partial charge < -0.3 is 10.0 Å². The summed E-state index contributed by atoms with van der Waals surface area (Å²) < 4.78 is 0. The molecule has 1 aliphatic heterocycles. The van der Waals surface area contributed by atoms with Crippen LogP contribution < -0.4 is 4.90 Å². The molecule has 2 heterocycles. The van der Waals surface area contributed by atoms with Gasteiger partial charge >= 0.3 is 12.0 Å². The highest BCUT2D eigenvalue weighted by Gasteiger charge is 2.38. The smallest absolute Gasteiger partial charge is 0.326 e. The Balaban J connectivity index is 2.20. The van der Waals surface area contributed by atoms with Crippen LogP contribution in [0, 0.1) is 5.92 Å². The summed E-state index contributed by atoms with van der Waals surface area (Å²) in [6, 6.07) is 2.47. The van der Waals surface area contributed by atoms with Gasteiger partial charge in [0.15, 0.2) is 0 Å². The molecule has 0 aromatic carbocycles. The van der Waals surface area contributed by atoms with E-state index in [2.05, 4.69) is 4.98 Å². The van der Waals surface area contributed by atoms with Gasteiger partial charge in [0, 0.05) is 19.8 Å².